The van der Waals surface area contributed by atoms with Crippen LogP contribution in [0.3, 0.4) is 0 Å². The van der Waals surface area contributed by atoms with Gasteiger partial charge in [0.1, 0.15) is 11.5 Å². The lowest BCUT2D eigenvalue weighted by Gasteiger charge is -2.42. The van der Waals surface area contributed by atoms with Gasteiger partial charge in [0.25, 0.3) is 0 Å². The Hall–Kier alpha value is -10.8. The standard InChI is InChI=1S/C75H46N6O/c1-4-20-45(21-5-1)69-76-70(46-22-6-2-7-23-46)78-72(77-69)49-36-39-56-59(42-49)67-54-29-11-12-30-55(54)68(56)60-43-50(37-40-57(60)67)73-79-71(47-24-8-3-9-25-47)80-74(81-73)58-31-13-10-26-51(58)48-38-41-66-64(44-48)75(63-34-18-19-35-65(63)82-66)61-32-16-14-27-52(61)53-28-15-17-33-62(53)75/h1-44,67-68H. The van der Waals surface area contributed by atoms with Gasteiger partial charge in [0.2, 0.25) is 0 Å². The summed E-state index contributed by atoms with van der Waals surface area (Å²) in [5, 5.41) is 0. The SMILES string of the molecule is c1ccc(-c2nc(-c3ccccc3)nc(-c3ccc4c(c3)C3c5ccccc5C4c4cc(-c5nc(-c6ccccc6)nc(-c6ccccc6-c6ccc7c(c6)C6(c8ccccc8O7)c7ccccc7-c7ccccc76)n5)ccc43)n2)cc1. The Bertz CT molecular complexity index is 4650. The predicted molar refractivity (Wildman–Crippen MR) is 323 cm³/mol. The molecule has 0 saturated carbocycles. The summed E-state index contributed by atoms with van der Waals surface area (Å²) >= 11 is 0. The van der Waals surface area contributed by atoms with Crippen molar-refractivity contribution in [1.29, 1.82) is 0 Å². The molecule has 0 saturated heterocycles. The molecule has 0 N–H and O–H groups in total. The zero-order chi connectivity index (χ0) is 53.9. The van der Waals surface area contributed by atoms with Gasteiger partial charge in [0.15, 0.2) is 34.9 Å². The molecule has 382 valence electrons. The fourth-order valence-electron chi connectivity index (χ4n) is 13.7. The Morgan fingerprint density at radius 3 is 1.11 bits per heavy atom. The predicted octanol–water partition coefficient (Wildman–Crippen LogP) is 17.2. The van der Waals surface area contributed by atoms with Crippen molar-refractivity contribution in [3.8, 4) is 102 Å². The van der Waals surface area contributed by atoms with E-state index in [0.717, 1.165) is 67.1 Å². The highest BCUT2D eigenvalue weighted by atomic mass is 16.5. The molecule has 7 nitrogen and oxygen atoms in total. The number of benzene rings is 11. The maximum atomic E-state index is 6.85. The summed E-state index contributed by atoms with van der Waals surface area (Å²) in [4.78, 5) is 31.4. The number of hydrogen-bond acceptors (Lipinski definition) is 7. The largest absolute Gasteiger partial charge is 0.457 e. The van der Waals surface area contributed by atoms with E-state index in [1.807, 2.05) is 54.6 Å². The maximum Gasteiger partial charge on any atom is 0.164 e. The molecule has 0 fully saturated rings. The lowest BCUT2D eigenvalue weighted by Crippen LogP contribution is -2.32. The third-order valence-corrected chi connectivity index (χ3v) is 17.2. The summed E-state index contributed by atoms with van der Waals surface area (Å²) in [6, 6.07) is 94.5. The van der Waals surface area contributed by atoms with Gasteiger partial charge in [-0.2, -0.15) is 0 Å². The molecule has 7 heteroatoms. The molecule has 18 rings (SSSR count). The second-order valence-corrected chi connectivity index (χ2v) is 21.6. The van der Waals surface area contributed by atoms with Crippen molar-refractivity contribution in [2.24, 2.45) is 0 Å². The van der Waals surface area contributed by atoms with Gasteiger partial charge in [-0.05, 0) is 97.1 Å². The number of fused-ring (bicyclic) bond motifs is 9. The van der Waals surface area contributed by atoms with E-state index in [9.17, 15) is 0 Å². The first kappa shape index (κ1) is 46.2. The summed E-state index contributed by atoms with van der Waals surface area (Å²) in [7, 11) is 0. The normalized spacial score (nSPS) is 15.0. The van der Waals surface area contributed by atoms with Gasteiger partial charge in [0.05, 0.1) is 5.41 Å². The van der Waals surface area contributed by atoms with Crippen molar-refractivity contribution < 1.29 is 4.74 Å². The van der Waals surface area contributed by atoms with Crippen LogP contribution in [0.25, 0.3) is 90.6 Å². The highest BCUT2D eigenvalue weighted by Gasteiger charge is 2.51. The molecule has 2 aromatic heterocycles. The fourth-order valence-corrected chi connectivity index (χ4v) is 13.7. The Morgan fingerprint density at radius 1 is 0.232 bits per heavy atom. The smallest absolute Gasteiger partial charge is 0.164 e. The maximum absolute atomic E-state index is 6.85. The molecule has 4 aliphatic carbocycles. The molecule has 82 heavy (non-hydrogen) atoms. The van der Waals surface area contributed by atoms with E-state index < -0.39 is 5.41 Å². The van der Waals surface area contributed by atoms with Crippen LogP contribution in [0.15, 0.2) is 267 Å². The number of ether oxygens (including phenoxy) is 1. The third kappa shape index (κ3) is 6.96. The second kappa shape index (κ2) is 18.1. The van der Waals surface area contributed by atoms with Crippen molar-refractivity contribution in [3.05, 3.63) is 323 Å². The fraction of sp³-hybridized carbons (Fsp3) is 0.0400. The summed E-state index contributed by atoms with van der Waals surface area (Å²) in [5.74, 6) is 5.41. The topological polar surface area (TPSA) is 86.6 Å². The first-order valence-corrected chi connectivity index (χ1v) is 27.9. The molecular weight excluding hydrogens is 1000 g/mol. The van der Waals surface area contributed by atoms with Crippen LogP contribution in [0.1, 0.15) is 67.5 Å². The van der Waals surface area contributed by atoms with Crippen LogP contribution in [0.5, 0.6) is 11.5 Å². The number of rotatable bonds is 7. The van der Waals surface area contributed by atoms with Crippen molar-refractivity contribution in [2.75, 3.05) is 0 Å². The van der Waals surface area contributed by atoms with Crippen LogP contribution >= 0.6 is 0 Å². The van der Waals surface area contributed by atoms with Crippen LogP contribution in [0.4, 0.5) is 0 Å². The molecular formula is C75H46N6O. The van der Waals surface area contributed by atoms with E-state index in [2.05, 4.69) is 212 Å². The molecule has 1 aliphatic heterocycles. The highest BCUT2D eigenvalue weighted by molar-refractivity contribution is 5.90. The molecule has 2 bridgehead atoms. The Balaban J connectivity index is 0.795. The first-order valence-electron chi connectivity index (χ1n) is 27.9. The number of nitrogens with zero attached hydrogens (tertiary/aromatic N) is 6. The monoisotopic (exact) mass is 1050 g/mol. The molecule has 3 heterocycles. The molecule has 13 aromatic rings. The summed E-state index contributed by atoms with van der Waals surface area (Å²) in [6.07, 6.45) is 0. The van der Waals surface area contributed by atoms with Gasteiger partial charge >= 0.3 is 0 Å². The molecule has 5 aliphatic rings. The van der Waals surface area contributed by atoms with Gasteiger partial charge in [-0.25, -0.2) is 29.9 Å². The quantitative estimate of drug-likeness (QED) is 0.157. The van der Waals surface area contributed by atoms with Crippen LogP contribution < -0.4 is 4.74 Å². The Morgan fingerprint density at radius 2 is 0.598 bits per heavy atom. The lowest BCUT2D eigenvalue weighted by atomic mass is 9.61. The van der Waals surface area contributed by atoms with Gasteiger partial charge < -0.3 is 4.74 Å². The van der Waals surface area contributed by atoms with Crippen LogP contribution in [-0.2, 0) is 5.41 Å². The van der Waals surface area contributed by atoms with Gasteiger partial charge in [-0.15, -0.1) is 0 Å². The van der Waals surface area contributed by atoms with Gasteiger partial charge in [-0.1, -0.05) is 237 Å². The van der Waals surface area contributed by atoms with Crippen molar-refractivity contribution in [2.45, 2.75) is 17.3 Å². The van der Waals surface area contributed by atoms with E-state index >= 15 is 0 Å². The van der Waals surface area contributed by atoms with Gasteiger partial charge in [-0.3, -0.25) is 0 Å². The molecule has 11 aromatic carbocycles. The minimum atomic E-state index is -0.606. The molecule has 1 spiro atoms. The van der Waals surface area contributed by atoms with E-state index in [1.54, 1.807) is 0 Å². The van der Waals surface area contributed by atoms with E-state index in [-0.39, 0.29) is 11.8 Å². The minimum Gasteiger partial charge on any atom is -0.457 e. The van der Waals surface area contributed by atoms with Crippen molar-refractivity contribution in [1.82, 2.24) is 29.9 Å². The number of aromatic nitrogens is 6. The van der Waals surface area contributed by atoms with E-state index in [4.69, 9.17) is 34.6 Å². The lowest BCUT2D eigenvalue weighted by molar-refractivity contribution is 0.436. The molecule has 2 atom stereocenters. The second-order valence-electron chi connectivity index (χ2n) is 21.6. The van der Waals surface area contributed by atoms with Crippen LogP contribution in [0, 0.1) is 0 Å². The zero-order valence-corrected chi connectivity index (χ0v) is 44.1. The highest BCUT2D eigenvalue weighted by Crippen LogP contribution is 2.63. The molecule has 0 radical (unpaired) electrons. The minimum absolute atomic E-state index is 0.00858. The number of hydrogen-bond donors (Lipinski definition) is 0. The van der Waals surface area contributed by atoms with Crippen LogP contribution in [0.2, 0.25) is 0 Å². The van der Waals surface area contributed by atoms with E-state index in [1.165, 1.54) is 55.6 Å². The average Bonchev–Trinajstić information content (AvgIpc) is 1.82. The Labute approximate surface area is 474 Å². The first-order chi connectivity index (χ1) is 40.6. The summed E-state index contributed by atoms with van der Waals surface area (Å²) in [5.41, 5.74) is 21.9. The van der Waals surface area contributed by atoms with E-state index in [0.29, 0.717) is 34.9 Å². The van der Waals surface area contributed by atoms with Crippen molar-refractivity contribution in [3.63, 3.8) is 0 Å². The third-order valence-electron chi connectivity index (χ3n) is 17.2. The van der Waals surface area contributed by atoms with Crippen molar-refractivity contribution >= 4 is 0 Å². The molecule has 0 amide bonds. The summed E-state index contributed by atoms with van der Waals surface area (Å²) < 4.78 is 6.85. The van der Waals surface area contributed by atoms with Crippen LogP contribution in [-0.4, -0.2) is 29.9 Å². The molecule has 2 unspecified atom stereocenters. The Kier molecular flexibility index (Phi) is 10.2. The number of para-hydroxylation sites is 1. The van der Waals surface area contributed by atoms with Gasteiger partial charge in [0, 0.05) is 56.3 Å². The summed E-state index contributed by atoms with van der Waals surface area (Å²) in [6.45, 7) is 0. The average molecular weight is 1050 g/mol. The zero-order valence-electron chi connectivity index (χ0n) is 44.1.